The monoisotopic (exact) mass is 754 g/mol. The summed E-state index contributed by atoms with van der Waals surface area (Å²) in [7, 11) is 0. The highest BCUT2D eigenvalue weighted by Crippen LogP contribution is 2.11. The van der Waals surface area contributed by atoms with Crippen molar-refractivity contribution in [3.8, 4) is 0 Å². The molecule has 52 heavy (non-hydrogen) atoms. The fourth-order valence-corrected chi connectivity index (χ4v) is 4.53. The lowest BCUT2D eigenvalue weighted by molar-refractivity contribution is -0.133. The number of hydrogen-bond donors (Lipinski definition) is 11. The van der Waals surface area contributed by atoms with Crippen LogP contribution < -0.4 is 61.0 Å². The molecule has 292 valence electrons. The van der Waals surface area contributed by atoms with Crippen LogP contribution in [0.4, 0.5) is 0 Å². The number of primary amides is 1. The van der Waals surface area contributed by atoms with Crippen LogP contribution in [0.1, 0.15) is 75.0 Å². The van der Waals surface area contributed by atoms with Crippen LogP contribution in [0.2, 0.25) is 0 Å². The number of aromatic nitrogens is 1. The summed E-state index contributed by atoms with van der Waals surface area (Å²) in [5, 5.41) is 14.2. The lowest BCUT2D eigenvalue weighted by atomic mass is 10.1. The molecule has 0 radical (unpaired) electrons. The summed E-state index contributed by atoms with van der Waals surface area (Å²) in [6.07, 6.45) is 4.67. The van der Waals surface area contributed by atoms with Gasteiger partial charge in [0.15, 0.2) is 16.9 Å². The smallest absolute Gasteiger partial charge is 0.243 e. The molecule has 1 aromatic heterocycles. The van der Waals surface area contributed by atoms with Gasteiger partial charge in [-0.2, -0.15) is 0 Å². The van der Waals surface area contributed by atoms with Gasteiger partial charge in [0.2, 0.25) is 41.2 Å². The van der Waals surface area contributed by atoms with Gasteiger partial charge in [0, 0.05) is 37.6 Å². The molecule has 0 aromatic carbocycles. The summed E-state index contributed by atoms with van der Waals surface area (Å²) >= 11 is 1.12. The number of carbonyl (C=O) groups is 7. The molecule has 3 atom stereocenters. The van der Waals surface area contributed by atoms with Crippen molar-refractivity contribution in [3.63, 3.8) is 0 Å². The van der Waals surface area contributed by atoms with Crippen molar-refractivity contribution in [2.24, 2.45) is 44.4 Å². The van der Waals surface area contributed by atoms with Crippen LogP contribution in [0.5, 0.6) is 0 Å². The summed E-state index contributed by atoms with van der Waals surface area (Å²) in [4.78, 5) is 96.2. The standard InChI is InChI=1S/C23H36N10O6S.C4H11N3.C3H7NO/c24-13-4-1-2-6-27-16(34)10-15(33-18(36)11-30-20(13)38)21(39)31-12-17(35)32-14(5-3-7-29-23(25)26)19(37)22-28-8-9-40-22;1-2-3-7-4(5)6;1-2-3(4)5/h8-9,13-15H,1-7,10-12,24H2,(H,27,34)(H,30,38)(H,31,39)(H,32,35)(H,33,36)(H4,25,26,29);2-3H2,1H3,(H4,5,6,7);2H2,1H3,(H2,4,5). The molecule has 21 nitrogen and oxygen atoms in total. The van der Waals surface area contributed by atoms with Gasteiger partial charge in [-0.05, 0) is 38.5 Å². The van der Waals surface area contributed by atoms with Crippen LogP contribution in [0.15, 0.2) is 21.6 Å². The molecule has 1 aromatic rings. The molecule has 0 saturated carbocycles. The summed E-state index contributed by atoms with van der Waals surface area (Å²) in [5.74, 6) is -3.75. The molecule has 1 aliphatic rings. The average molecular weight is 755 g/mol. The van der Waals surface area contributed by atoms with Gasteiger partial charge in [0.05, 0.1) is 31.6 Å². The maximum atomic E-state index is 12.8. The fourth-order valence-electron chi connectivity index (χ4n) is 3.90. The molecule has 6 amide bonds. The van der Waals surface area contributed by atoms with Gasteiger partial charge in [0.25, 0.3) is 0 Å². The van der Waals surface area contributed by atoms with Crippen LogP contribution in [-0.4, -0.2) is 109 Å². The minimum atomic E-state index is -1.32. The molecule has 2 rings (SSSR count). The lowest BCUT2D eigenvalue weighted by Crippen LogP contribution is -2.54. The summed E-state index contributed by atoms with van der Waals surface area (Å²) in [6.45, 7) is 4.05. The van der Waals surface area contributed by atoms with Gasteiger partial charge in [0.1, 0.15) is 6.04 Å². The Morgan fingerprint density at radius 3 is 2.19 bits per heavy atom. The number of nitrogens with zero attached hydrogens (tertiary/aromatic N) is 3. The predicted octanol–water partition coefficient (Wildman–Crippen LogP) is -3.85. The van der Waals surface area contributed by atoms with E-state index < -0.39 is 66.5 Å². The van der Waals surface area contributed by atoms with Crippen LogP contribution >= 0.6 is 11.3 Å². The SMILES string of the molecule is CCC(N)=O.CCCN=C(N)N.NC(N)=NCCCC(NC(=O)CNC(=O)C1CC(=O)NCCCCC(N)C(=O)NCC(=O)N1)C(=O)c1nccs1. The minimum Gasteiger partial charge on any atom is -0.370 e. The van der Waals surface area contributed by atoms with Gasteiger partial charge in [-0.3, -0.25) is 43.5 Å². The highest BCUT2D eigenvalue weighted by Gasteiger charge is 2.27. The highest BCUT2D eigenvalue weighted by atomic mass is 32.1. The Balaban J connectivity index is 0.00000185. The Hall–Kier alpha value is -5.38. The van der Waals surface area contributed by atoms with E-state index in [2.05, 4.69) is 47.3 Å². The first-order chi connectivity index (χ1) is 24.6. The Labute approximate surface area is 306 Å². The maximum absolute atomic E-state index is 12.8. The second-order valence-electron chi connectivity index (χ2n) is 11.1. The number of guanidine groups is 2. The van der Waals surface area contributed by atoms with E-state index in [4.69, 9.17) is 28.7 Å². The predicted molar refractivity (Wildman–Crippen MR) is 196 cm³/mol. The number of ketones is 1. The molecule has 0 aliphatic carbocycles. The number of hydrogen-bond acceptors (Lipinski definition) is 12. The van der Waals surface area contributed by atoms with Gasteiger partial charge < -0.3 is 61.0 Å². The summed E-state index contributed by atoms with van der Waals surface area (Å²) in [5.41, 5.74) is 31.1. The molecule has 0 bridgehead atoms. The van der Waals surface area contributed by atoms with E-state index in [0.29, 0.717) is 38.6 Å². The molecule has 1 fully saturated rings. The maximum Gasteiger partial charge on any atom is 0.243 e. The molecule has 0 spiro atoms. The first-order valence-corrected chi connectivity index (χ1v) is 17.5. The second kappa shape index (κ2) is 27.4. The average Bonchev–Trinajstić information content (AvgIpc) is 3.64. The van der Waals surface area contributed by atoms with E-state index in [1.807, 2.05) is 6.92 Å². The number of carbonyl (C=O) groups excluding carboxylic acids is 7. The van der Waals surface area contributed by atoms with E-state index in [-0.39, 0.29) is 42.2 Å². The Morgan fingerprint density at radius 2 is 1.63 bits per heavy atom. The van der Waals surface area contributed by atoms with E-state index in [1.54, 1.807) is 12.3 Å². The number of nitrogens with two attached hydrogens (primary N) is 6. The van der Waals surface area contributed by atoms with Crippen LogP contribution in [0.3, 0.4) is 0 Å². The fraction of sp³-hybridized carbons (Fsp3) is 0.600. The van der Waals surface area contributed by atoms with Crippen molar-refractivity contribution in [2.75, 3.05) is 32.7 Å². The third-order valence-corrected chi connectivity index (χ3v) is 7.38. The number of Topliss-reactive ketones (excluding diaryl/α,β-unsaturated/α-hetero) is 1. The summed E-state index contributed by atoms with van der Waals surface area (Å²) < 4.78 is 0. The third kappa shape index (κ3) is 23.1. The number of aliphatic imine (C=N–C) groups is 2. The first kappa shape index (κ1) is 46.6. The normalized spacial score (nSPS) is 16.9. The van der Waals surface area contributed by atoms with Crippen molar-refractivity contribution in [1.82, 2.24) is 31.6 Å². The molecule has 3 unspecified atom stereocenters. The molecule has 1 aliphatic heterocycles. The topological polar surface area (TPSA) is 373 Å². The number of thiazole rings is 1. The van der Waals surface area contributed by atoms with Crippen LogP contribution in [0, 0.1) is 0 Å². The van der Waals surface area contributed by atoms with Crippen LogP contribution in [0.25, 0.3) is 0 Å². The molecule has 2 heterocycles. The number of nitrogens with one attached hydrogen (secondary N) is 5. The first-order valence-electron chi connectivity index (χ1n) is 16.6. The highest BCUT2D eigenvalue weighted by molar-refractivity contribution is 7.11. The van der Waals surface area contributed by atoms with E-state index in [0.717, 1.165) is 24.3 Å². The van der Waals surface area contributed by atoms with Gasteiger partial charge in [-0.1, -0.05) is 13.8 Å². The molecule has 1 saturated heterocycles. The van der Waals surface area contributed by atoms with E-state index in [9.17, 15) is 33.6 Å². The van der Waals surface area contributed by atoms with Crippen molar-refractivity contribution < 1.29 is 33.6 Å². The summed E-state index contributed by atoms with van der Waals surface area (Å²) in [6, 6.07) is -3.07. The van der Waals surface area contributed by atoms with Gasteiger partial charge in [-0.15, -0.1) is 11.3 Å². The zero-order valence-electron chi connectivity index (χ0n) is 29.7. The Kier molecular flexibility index (Phi) is 24.5. The van der Waals surface area contributed by atoms with E-state index in [1.165, 1.54) is 6.20 Å². The van der Waals surface area contributed by atoms with Crippen molar-refractivity contribution in [1.29, 1.82) is 0 Å². The zero-order valence-corrected chi connectivity index (χ0v) is 30.5. The van der Waals surface area contributed by atoms with Crippen molar-refractivity contribution >= 4 is 64.5 Å². The van der Waals surface area contributed by atoms with Gasteiger partial charge >= 0.3 is 0 Å². The lowest BCUT2D eigenvalue weighted by Gasteiger charge is -2.20. The van der Waals surface area contributed by atoms with Gasteiger partial charge in [-0.25, -0.2) is 4.98 Å². The number of rotatable bonds is 13. The van der Waals surface area contributed by atoms with E-state index >= 15 is 0 Å². The third-order valence-electron chi connectivity index (χ3n) is 6.59. The molecular weight excluding hydrogens is 700 g/mol. The largest absolute Gasteiger partial charge is 0.370 e. The number of amides is 6. The molecule has 17 N–H and O–H groups in total. The molecular formula is C30H54N14O7S. The zero-order chi connectivity index (χ0) is 39.5. The second-order valence-corrected chi connectivity index (χ2v) is 12.0. The Morgan fingerprint density at radius 1 is 0.981 bits per heavy atom. The van der Waals surface area contributed by atoms with Crippen molar-refractivity contribution in [3.05, 3.63) is 16.6 Å². The minimum absolute atomic E-state index is 0.0981. The quantitative estimate of drug-likeness (QED) is 0.0398. The van der Waals surface area contributed by atoms with Crippen molar-refractivity contribution in [2.45, 2.75) is 83.3 Å². The molecule has 22 heteroatoms. The Bertz CT molecular complexity index is 1350. The van der Waals surface area contributed by atoms with Crippen LogP contribution in [-0.2, 0) is 28.8 Å².